The average Bonchev–Trinajstić information content (AvgIpc) is 3.16. The second kappa shape index (κ2) is 18.4. The second-order valence-corrected chi connectivity index (χ2v) is 15.7. The average molecular weight is 623 g/mol. The van der Waals surface area contributed by atoms with Gasteiger partial charge in [-0.2, -0.15) is 0 Å². The van der Waals surface area contributed by atoms with Gasteiger partial charge in [0.2, 0.25) is 17.7 Å². The van der Waals surface area contributed by atoms with Gasteiger partial charge in [-0.05, 0) is 36.5 Å². The number of ketones is 2. The van der Waals surface area contributed by atoms with Crippen LogP contribution in [0.2, 0.25) is 0 Å². The molecule has 3 amide bonds. The molecule has 1 heterocycles. The summed E-state index contributed by atoms with van der Waals surface area (Å²) in [6, 6.07) is 0. The lowest BCUT2D eigenvalue weighted by atomic mass is 9.78. The third-order valence-electron chi connectivity index (χ3n) is 8.20. The topological polar surface area (TPSA) is 138 Å². The largest absolute Gasteiger partial charge is 0.481 e. The molecule has 1 aliphatic rings. The molecule has 0 aromatic heterocycles. The Hall–Kier alpha value is -2.58. The first kappa shape index (κ1) is 41.4. The standard InChI is InChI=1S/C18H33NO4.C17H29NO3/c1-17(2,3)13(12-15(21)22)16(23)19-11-9-7-8-10-14(20)18(4,5)6;1-12(2)14(19)9-7-6-8-10-18-15(20)11-13(16(18)21)17(3,4)5/h13H,7-12H2,1-6H3,(H,19,23)(H,21,22);12-13H,6-11H2,1-5H3. The highest BCUT2D eigenvalue weighted by atomic mass is 16.4. The van der Waals surface area contributed by atoms with Crippen molar-refractivity contribution in [1.29, 1.82) is 0 Å². The zero-order chi connectivity index (χ0) is 34.5. The Morgan fingerprint density at radius 3 is 1.84 bits per heavy atom. The summed E-state index contributed by atoms with van der Waals surface area (Å²) in [5, 5.41) is 11.8. The Labute approximate surface area is 266 Å². The van der Waals surface area contributed by atoms with E-state index < -0.39 is 11.9 Å². The van der Waals surface area contributed by atoms with Crippen molar-refractivity contribution in [2.24, 2.45) is 34.0 Å². The number of hydrogen-bond donors (Lipinski definition) is 2. The fourth-order valence-electron chi connectivity index (χ4n) is 4.89. The number of nitrogens with zero attached hydrogens (tertiary/aromatic N) is 1. The summed E-state index contributed by atoms with van der Waals surface area (Å²) < 4.78 is 0. The van der Waals surface area contributed by atoms with Crippen LogP contribution in [0.25, 0.3) is 0 Å². The van der Waals surface area contributed by atoms with Crippen LogP contribution in [-0.4, -0.2) is 58.4 Å². The molecule has 0 aromatic carbocycles. The number of carbonyl (C=O) groups excluding carboxylic acids is 5. The number of likely N-dealkylation sites (tertiary alicyclic amines) is 1. The number of carbonyl (C=O) groups is 6. The number of hydrogen-bond acceptors (Lipinski definition) is 6. The molecule has 0 aromatic rings. The van der Waals surface area contributed by atoms with Crippen LogP contribution in [0.5, 0.6) is 0 Å². The van der Waals surface area contributed by atoms with Gasteiger partial charge in [0.1, 0.15) is 11.6 Å². The molecule has 9 heteroatoms. The molecule has 2 atom stereocenters. The number of unbranched alkanes of at least 4 members (excludes halogenated alkanes) is 4. The molecule has 0 radical (unpaired) electrons. The third-order valence-corrected chi connectivity index (χ3v) is 8.20. The van der Waals surface area contributed by atoms with E-state index in [1.54, 1.807) is 0 Å². The molecule has 0 bridgehead atoms. The Balaban J connectivity index is 0.000000843. The second-order valence-electron chi connectivity index (χ2n) is 15.7. The first-order chi connectivity index (χ1) is 20.0. The normalized spacial score (nSPS) is 16.5. The van der Waals surface area contributed by atoms with Gasteiger partial charge in [0.25, 0.3) is 0 Å². The predicted molar refractivity (Wildman–Crippen MR) is 174 cm³/mol. The number of rotatable bonds is 16. The predicted octanol–water partition coefficient (Wildman–Crippen LogP) is 6.61. The minimum absolute atomic E-state index is 0.0224. The van der Waals surface area contributed by atoms with Crippen LogP contribution in [0.4, 0.5) is 0 Å². The van der Waals surface area contributed by atoms with E-state index in [1.807, 2.05) is 76.2 Å². The molecular weight excluding hydrogens is 560 g/mol. The maximum Gasteiger partial charge on any atom is 0.304 e. The highest BCUT2D eigenvalue weighted by Gasteiger charge is 2.44. The third kappa shape index (κ3) is 15.9. The molecular formula is C35H62N2O7. The Bertz CT molecular complexity index is 981. The Kier molecular flexibility index (Phi) is 17.3. The Morgan fingerprint density at radius 1 is 0.841 bits per heavy atom. The van der Waals surface area contributed by atoms with Crippen molar-refractivity contribution in [2.45, 2.75) is 140 Å². The van der Waals surface area contributed by atoms with Gasteiger partial charge in [0.15, 0.2) is 0 Å². The number of carboxylic acid groups (broad SMARTS) is 1. The van der Waals surface area contributed by atoms with Gasteiger partial charge >= 0.3 is 5.97 Å². The van der Waals surface area contributed by atoms with E-state index in [9.17, 15) is 28.8 Å². The SMILES string of the molecule is CC(C)(C)C(=O)CCCCCNC(=O)C(CC(=O)O)C(C)(C)C.CC(C)C(=O)CCCCCN1C(=O)CC(C(C)(C)C)C1=O. The minimum atomic E-state index is -0.958. The number of nitrogens with one attached hydrogen (secondary N) is 1. The summed E-state index contributed by atoms with van der Waals surface area (Å²) >= 11 is 0. The van der Waals surface area contributed by atoms with Gasteiger partial charge in [0, 0.05) is 43.7 Å². The summed E-state index contributed by atoms with van der Waals surface area (Å²) in [6.45, 7) is 22.2. The van der Waals surface area contributed by atoms with Crippen LogP contribution in [0.3, 0.4) is 0 Å². The van der Waals surface area contributed by atoms with Crippen LogP contribution in [0.15, 0.2) is 0 Å². The number of carboxylic acids is 1. The fraction of sp³-hybridized carbons (Fsp3) is 0.829. The van der Waals surface area contributed by atoms with Crippen molar-refractivity contribution in [3.63, 3.8) is 0 Å². The first-order valence-corrected chi connectivity index (χ1v) is 16.4. The van der Waals surface area contributed by atoms with Crippen LogP contribution < -0.4 is 5.32 Å². The molecule has 1 fully saturated rings. The lowest BCUT2D eigenvalue weighted by molar-refractivity contribution is -0.143. The van der Waals surface area contributed by atoms with Crippen molar-refractivity contribution < 1.29 is 33.9 Å². The van der Waals surface area contributed by atoms with Gasteiger partial charge in [-0.1, -0.05) is 89.0 Å². The van der Waals surface area contributed by atoms with Gasteiger partial charge < -0.3 is 10.4 Å². The highest BCUT2D eigenvalue weighted by Crippen LogP contribution is 2.35. The lowest BCUT2D eigenvalue weighted by Crippen LogP contribution is -2.39. The van der Waals surface area contributed by atoms with E-state index in [2.05, 4.69) is 5.32 Å². The summed E-state index contributed by atoms with van der Waals surface area (Å²) in [4.78, 5) is 72.0. The van der Waals surface area contributed by atoms with Crippen LogP contribution in [0.1, 0.15) is 140 Å². The summed E-state index contributed by atoms with van der Waals surface area (Å²) in [7, 11) is 0. The minimum Gasteiger partial charge on any atom is -0.481 e. The maximum absolute atomic E-state index is 12.3. The molecule has 9 nitrogen and oxygen atoms in total. The molecule has 2 unspecified atom stereocenters. The zero-order valence-electron chi connectivity index (χ0n) is 29.6. The van der Waals surface area contributed by atoms with Crippen molar-refractivity contribution >= 4 is 35.3 Å². The van der Waals surface area contributed by atoms with E-state index in [0.717, 1.165) is 38.5 Å². The number of imide groups is 1. The number of Topliss-reactive ketones (excluding diaryl/α,β-unsaturated/α-hetero) is 2. The van der Waals surface area contributed by atoms with Crippen molar-refractivity contribution in [2.75, 3.05) is 13.1 Å². The van der Waals surface area contributed by atoms with E-state index in [1.165, 1.54) is 4.90 Å². The van der Waals surface area contributed by atoms with Crippen molar-refractivity contribution in [3.8, 4) is 0 Å². The number of amides is 3. The van der Waals surface area contributed by atoms with Crippen molar-refractivity contribution in [1.82, 2.24) is 10.2 Å². The smallest absolute Gasteiger partial charge is 0.304 e. The maximum atomic E-state index is 12.3. The van der Waals surface area contributed by atoms with Gasteiger partial charge in [-0.25, -0.2) is 0 Å². The molecule has 1 rings (SSSR count). The van der Waals surface area contributed by atoms with Crippen LogP contribution >= 0.6 is 0 Å². The summed E-state index contributed by atoms with van der Waals surface area (Å²) in [6.07, 6.45) is 6.37. The van der Waals surface area contributed by atoms with Crippen LogP contribution in [-0.2, 0) is 28.8 Å². The monoisotopic (exact) mass is 622 g/mol. The van der Waals surface area contributed by atoms with E-state index in [-0.39, 0.29) is 63.8 Å². The summed E-state index contributed by atoms with van der Waals surface area (Å²) in [5.41, 5.74) is -0.836. The first-order valence-electron chi connectivity index (χ1n) is 16.4. The quantitative estimate of drug-likeness (QED) is 0.146. The zero-order valence-corrected chi connectivity index (χ0v) is 29.6. The van der Waals surface area contributed by atoms with E-state index in [0.29, 0.717) is 32.4 Å². The molecule has 0 saturated carbocycles. The summed E-state index contributed by atoms with van der Waals surface area (Å²) in [5.74, 6) is -1.31. The highest BCUT2D eigenvalue weighted by molar-refractivity contribution is 6.03. The molecule has 0 aliphatic carbocycles. The molecule has 44 heavy (non-hydrogen) atoms. The molecule has 1 saturated heterocycles. The fourth-order valence-corrected chi connectivity index (χ4v) is 4.89. The van der Waals surface area contributed by atoms with Gasteiger partial charge in [0.05, 0.1) is 18.3 Å². The number of aliphatic carboxylic acids is 1. The van der Waals surface area contributed by atoms with Gasteiger partial charge in [-0.3, -0.25) is 33.7 Å². The molecule has 1 aliphatic heterocycles. The molecule has 2 N–H and O–H groups in total. The lowest BCUT2D eigenvalue weighted by Gasteiger charge is -2.28. The van der Waals surface area contributed by atoms with E-state index >= 15 is 0 Å². The molecule has 0 spiro atoms. The molecule has 254 valence electrons. The van der Waals surface area contributed by atoms with Crippen molar-refractivity contribution in [3.05, 3.63) is 0 Å². The van der Waals surface area contributed by atoms with Crippen LogP contribution in [0, 0.1) is 34.0 Å². The van der Waals surface area contributed by atoms with E-state index in [4.69, 9.17) is 5.11 Å². The Morgan fingerprint density at radius 2 is 1.39 bits per heavy atom. The van der Waals surface area contributed by atoms with Gasteiger partial charge in [-0.15, -0.1) is 0 Å².